The van der Waals surface area contributed by atoms with Crippen LogP contribution in [-0.4, -0.2) is 43.2 Å². The Balaban J connectivity index is 2.01. The van der Waals surface area contributed by atoms with Crippen LogP contribution in [-0.2, 0) is 10.2 Å². The van der Waals surface area contributed by atoms with Crippen molar-refractivity contribution in [2.45, 2.75) is 13.3 Å². The summed E-state index contributed by atoms with van der Waals surface area (Å²) in [6, 6.07) is 0. The first kappa shape index (κ1) is 8.47. The van der Waals surface area contributed by atoms with Gasteiger partial charge in [0.15, 0.2) is 0 Å². The molecule has 5 heteroatoms. The second-order valence-corrected chi connectivity index (χ2v) is 5.61. The first-order valence-electron chi connectivity index (χ1n) is 4.36. The van der Waals surface area contributed by atoms with Gasteiger partial charge in [0, 0.05) is 26.2 Å². The molecule has 0 spiro atoms. The van der Waals surface area contributed by atoms with Crippen molar-refractivity contribution in [2.75, 3.05) is 26.2 Å². The fourth-order valence-corrected chi connectivity index (χ4v) is 3.44. The molecule has 0 amide bonds. The van der Waals surface area contributed by atoms with E-state index in [4.69, 9.17) is 0 Å². The molecule has 2 saturated heterocycles. The molecule has 2 aliphatic heterocycles. The van der Waals surface area contributed by atoms with Crippen LogP contribution in [0.5, 0.6) is 0 Å². The highest BCUT2D eigenvalue weighted by Gasteiger charge is 2.39. The summed E-state index contributed by atoms with van der Waals surface area (Å²) in [7, 11) is -3.03. The van der Waals surface area contributed by atoms with Crippen LogP contribution in [0.15, 0.2) is 0 Å². The van der Waals surface area contributed by atoms with Crippen LogP contribution in [0.2, 0.25) is 0 Å². The molecule has 12 heavy (non-hydrogen) atoms. The Labute approximate surface area is 73.3 Å². The number of rotatable bonds is 2. The van der Waals surface area contributed by atoms with Crippen molar-refractivity contribution in [3.8, 4) is 0 Å². The molecule has 0 saturated carbocycles. The van der Waals surface area contributed by atoms with Gasteiger partial charge in [-0.1, -0.05) is 6.92 Å². The Morgan fingerprint density at radius 1 is 1.17 bits per heavy atom. The van der Waals surface area contributed by atoms with Crippen molar-refractivity contribution in [3.63, 3.8) is 0 Å². The van der Waals surface area contributed by atoms with E-state index in [2.05, 4.69) is 6.92 Å². The topological polar surface area (TPSA) is 40.6 Å². The lowest BCUT2D eigenvalue weighted by molar-refractivity contribution is 0.186. The van der Waals surface area contributed by atoms with Gasteiger partial charge in [-0.3, -0.25) is 0 Å². The van der Waals surface area contributed by atoms with Crippen LogP contribution in [0.3, 0.4) is 0 Å². The van der Waals surface area contributed by atoms with Gasteiger partial charge in [-0.05, 0) is 12.3 Å². The molecule has 70 valence electrons. The molecule has 4 nitrogen and oxygen atoms in total. The molecule has 0 aromatic heterocycles. The average Bonchev–Trinajstić information content (AvgIpc) is 1.75. The molecular weight excluding hydrogens is 176 g/mol. The van der Waals surface area contributed by atoms with Gasteiger partial charge in [0.1, 0.15) is 0 Å². The van der Waals surface area contributed by atoms with Crippen LogP contribution in [0.1, 0.15) is 13.3 Å². The first-order chi connectivity index (χ1) is 5.60. The van der Waals surface area contributed by atoms with E-state index in [-0.39, 0.29) is 0 Å². The molecular formula is C7H14N2O2S. The average molecular weight is 190 g/mol. The number of hydrogen-bond acceptors (Lipinski definition) is 2. The lowest BCUT2D eigenvalue weighted by atomic mass is 10.1. The van der Waals surface area contributed by atoms with E-state index >= 15 is 0 Å². The lowest BCUT2D eigenvalue weighted by Gasteiger charge is -2.41. The van der Waals surface area contributed by atoms with Crippen LogP contribution in [0.4, 0.5) is 0 Å². The summed E-state index contributed by atoms with van der Waals surface area (Å²) in [5.74, 6) is 0.543. The third-order valence-corrected chi connectivity index (χ3v) is 4.47. The van der Waals surface area contributed by atoms with Gasteiger partial charge in [0.25, 0.3) is 10.2 Å². The summed E-state index contributed by atoms with van der Waals surface area (Å²) in [5.41, 5.74) is 0. The second kappa shape index (κ2) is 2.68. The monoisotopic (exact) mass is 190 g/mol. The second-order valence-electron chi connectivity index (χ2n) is 3.68. The minimum atomic E-state index is -3.03. The van der Waals surface area contributed by atoms with Crippen molar-refractivity contribution in [2.24, 2.45) is 5.92 Å². The highest BCUT2D eigenvalue weighted by atomic mass is 32.2. The zero-order chi connectivity index (χ0) is 8.77. The van der Waals surface area contributed by atoms with Crippen molar-refractivity contribution in [1.82, 2.24) is 8.61 Å². The molecule has 0 atom stereocenters. The van der Waals surface area contributed by atoms with E-state index in [0.717, 1.165) is 6.42 Å². The Morgan fingerprint density at radius 3 is 2.08 bits per heavy atom. The lowest BCUT2D eigenvalue weighted by Crippen LogP contribution is -2.57. The van der Waals surface area contributed by atoms with Crippen molar-refractivity contribution < 1.29 is 8.42 Å². The van der Waals surface area contributed by atoms with Crippen LogP contribution in [0, 0.1) is 5.92 Å². The van der Waals surface area contributed by atoms with Gasteiger partial charge < -0.3 is 0 Å². The normalized spacial score (nSPS) is 28.1. The summed E-state index contributed by atoms with van der Waals surface area (Å²) in [6.45, 7) is 4.92. The third kappa shape index (κ3) is 1.16. The fraction of sp³-hybridized carbons (Fsp3) is 1.00. The Morgan fingerprint density at radius 2 is 1.75 bits per heavy atom. The largest absolute Gasteiger partial charge is 0.281 e. The van der Waals surface area contributed by atoms with Gasteiger partial charge >= 0.3 is 0 Å². The molecule has 0 unspecified atom stereocenters. The molecule has 0 radical (unpaired) electrons. The van der Waals surface area contributed by atoms with Crippen LogP contribution in [0.25, 0.3) is 0 Å². The van der Waals surface area contributed by atoms with Crippen molar-refractivity contribution in [3.05, 3.63) is 0 Å². The first-order valence-corrected chi connectivity index (χ1v) is 5.75. The van der Waals surface area contributed by atoms with E-state index in [0.29, 0.717) is 32.1 Å². The van der Waals surface area contributed by atoms with E-state index in [9.17, 15) is 8.42 Å². The zero-order valence-corrected chi connectivity index (χ0v) is 8.05. The molecule has 0 N–H and O–H groups in total. The molecule has 2 rings (SSSR count). The van der Waals surface area contributed by atoms with Gasteiger partial charge in [-0.2, -0.15) is 17.0 Å². The van der Waals surface area contributed by atoms with Crippen LogP contribution >= 0.6 is 0 Å². The summed E-state index contributed by atoms with van der Waals surface area (Å²) >= 11 is 0. The van der Waals surface area contributed by atoms with Gasteiger partial charge in [-0.15, -0.1) is 0 Å². The van der Waals surface area contributed by atoms with Crippen molar-refractivity contribution >= 4 is 10.2 Å². The van der Waals surface area contributed by atoms with Gasteiger partial charge in [0.05, 0.1) is 0 Å². The highest BCUT2D eigenvalue weighted by Crippen LogP contribution is 2.24. The molecule has 0 bridgehead atoms. The maximum absolute atomic E-state index is 11.6. The van der Waals surface area contributed by atoms with Gasteiger partial charge in [-0.25, -0.2) is 0 Å². The summed E-state index contributed by atoms with van der Waals surface area (Å²) in [4.78, 5) is 0. The van der Waals surface area contributed by atoms with Crippen LogP contribution < -0.4 is 0 Å². The predicted octanol–water partition coefficient (Wildman–Crippen LogP) is -0.111. The molecule has 0 aliphatic carbocycles. The molecule has 2 aliphatic rings. The minimum Gasteiger partial charge on any atom is -0.195 e. The Bertz CT molecular complexity index is 265. The highest BCUT2D eigenvalue weighted by molar-refractivity contribution is 7.86. The predicted molar refractivity (Wildman–Crippen MR) is 45.8 cm³/mol. The number of hydrogen-bond donors (Lipinski definition) is 0. The zero-order valence-electron chi connectivity index (χ0n) is 7.23. The minimum absolute atomic E-state index is 0.543. The van der Waals surface area contributed by atoms with E-state index in [1.807, 2.05) is 0 Å². The quantitative estimate of drug-likeness (QED) is 0.609. The van der Waals surface area contributed by atoms with E-state index in [1.165, 1.54) is 0 Å². The van der Waals surface area contributed by atoms with E-state index < -0.39 is 10.2 Å². The summed E-state index contributed by atoms with van der Waals surface area (Å²) in [6.07, 6.45) is 1.02. The molecule has 0 aromatic carbocycles. The molecule has 2 heterocycles. The SMILES string of the molecule is CC1CN(S(=O)(=O)N2CCC2)C1. The maximum Gasteiger partial charge on any atom is 0.281 e. The summed E-state index contributed by atoms with van der Waals surface area (Å²) < 4.78 is 26.3. The molecule has 0 aromatic rings. The third-order valence-electron chi connectivity index (χ3n) is 2.50. The maximum atomic E-state index is 11.6. The van der Waals surface area contributed by atoms with E-state index in [1.54, 1.807) is 8.61 Å². The van der Waals surface area contributed by atoms with Gasteiger partial charge in [0.2, 0.25) is 0 Å². The Hall–Kier alpha value is -0.130. The van der Waals surface area contributed by atoms with Crippen molar-refractivity contribution in [1.29, 1.82) is 0 Å². The summed E-state index contributed by atoms with van der Waals surface area (Å²) in [5, 5.41) is 0. The fourth-order valence-electron chi connectivity index (χ4n) is 1.51. The molecule has 2 fully saturated rings. The number of nitrogens with zero attached hydrogens (tertiary/aromatic N) is 2. The smallest absolute Gasteiger partial charge is 0.195 e. The standard InChI is InChI=1S/C7H14N2O2S/c1-7-5-9(6-7)12(10,11)8-3-2-4-8/h7H,2-6H2,1H3. The Kier molecular flexibility index (Phi) is 1.89.